The van der Waals surface area contributed by atoms with Crippen molar-refractivity contribution >= 4 is 11.8 Å². The van der Waals surface area contributed by atoms with Crippen LogP contribution in [0.4, 0.5) is 4.39 Å². The van der Waals surface area contributed by atoms with Gasteiger partial charge in [-0.1, -0.05) is 67.6 Å². The number of carbonyl (C=O) groups excluding carboxylic acids is 2. The fourth-order valence-corrected chi connectivity index (χ4v) is 5.85. The molecule has 2 fully saturated rings. The molecule has 2 aromatic rings. The molecule has 2 aliphatic rings. The van der Waals surface area contributed by atoms with Gasteiger partial charge in [0.25, 0.3) is 0 Å². The lowest BCUT2D eigenvalue weighted by atomic mass is 9.69. The molecule has 39 heavy (non-hydrogen) atoms. The first-order chi connectivity index (χ1) is 18.6. The van der Waals surface area contributed by atoms with Crippen molar-refractivity contribution in [3.05, 3.63) is 95.8 Å². The van der Waals surface area contributed by atoms with E-state index in [4.69, 9.17) is 14.2 Å². The quantitative estimate of drug-likeness (QED) is 0.146. The lowest BCUT2D eigenvalue weighted by Gasteiger charge is -2.38. The third-order valence-electron chi connectivity index (χ3n) is 7.76. The molecule has 0 spiro atoms. The van der Waals surface area contributed by atoms with Gasteiger partial charge in [0.1, 0.15) is 18.0 Å². The summed E-state index contributed by atoms with van der Waals surface area (Å²) >= 11 is 0. The molecule has 1 aliphatic heterocycles. The fourth-order valence-electron chi connectivity index (χ4n) is 5.85. The normalized spacial score (nSPS) is 25.4. The molecule has 4 rings (SSSR count). The van der Waals surface area contributed by atoms with E-state index in [2.05, 4.69) is 6.08 Å². The Balaban J connectivity index is 1.46. The Morgan fingerprint density at radius 3 is 2.51 bits per heavy atom. The number of fused-ring (bicyclic) bond motifs is 2. The van der Waals surface area contributed by atoms with Gasteiger partial charge in [-0.2, -0.15) is 0 Å². The number of allylic oxidation sites excluding steroid dienone is 2. The first kappa shape index (κ1) is 28.9. The van der Waals surface area contributed by atoms with Crippen LogP contribution in [-0.4, -0.2) is 43.3 Å². The number of esters is 1. The summed E-state index contributed by atoms with van der Waals surface area (Å²) in [6, 6.07) is 16.5. The summed E-state index contributed by atoms with van der Waals surface area (Å²) in [6.07, 6.45) is 9.28. The van der Waals surface area contributed by atoms with Crippen LogP contribution in [0.5, 0.6) is 0 Å². The van der Waals surface area contributed by atoms with Gasteiger partial charge in [-0.15, -0.1) is 0 Å². The number of hydrogen-bond acceptors (Lipinski definition) is 5. The van der Waals surface area contributed by atoms with E-state index in [1.54, 1.807) is 6.08 Å². The monoisotopic (exact) mass is 534 g/mol. The molecule has 0 radical (unpaired) electrons. The Morgan fingerprint density at radius 2 is 1.82 bits per heavy atom. The summed E-state index contributed by atoms with van der Waals surface area (Å²) < 4.78 is 30.7. The van der Waals surface area contributed by atoms with Gasteiger partial charge in [0.2, 0.25) is 0 Å². The molecule has 2 bridgehead atoms. The maximum Gasteiger partial charge on any atom is 0.332 e. The van der Waals surface area contributed by atoms with Gasteiger partial charge in [-0.25, -0.2) is 9.18 Å². The third kappa shape index (κ3) is 7.11. The van der Waals surface area contributed by atoms with Gasteiger partial charge in [-0.3, -0.25) is 4.79 Å². The zero-order valence-corrected chi connectivity index (χ0v) is 23.3. The maximum absolute atomic E-state index is 13.7. The number of ketones is 1. The molecular weight excluding hydrogens is 495 g/mol. The highest BCUT2D eigenvalue weighted by molar-refractivity contribution is 5.95. The number of rotatable bonds is 11. The van der Waals surface area contributed by atoms with Crippen molar-refractivity contribution in [2.75, 3.05) is 19.8 Å². The van der Waals surface area contributed by atoms with Crippen LogP contribution in [0.2, 0.25) is 0 Å². The first-order valence-electron chi connectivity index (χ1n) is 13.7. The van der Waals surface area contributed by atoms with Crippen LogP contribution in [0.25, 0.3) is 0 Å². The number of hydrogen-bond donors (Lipinski definition) is 0. The zero-order valence-electron chi connectivity index (χ0n) is 23.3. The second-order valence-corrected chi connectivity index (χ2v) is 11.6. The van der Waals surface area contributed by atoms with Crippen molar-refractivity contribution < 1.29 is 28.2 Å². The van der Waals surface area contributed by atoms with Crippen molar-refractivity contribution in [2.24, 2.45) is 11.8 Å². The number of halogens is 1. The van der Waals surface area contributed by atoms with Crippen LogP contribution in [0.15, 0.2) is 78.9 Å². The Labute approximate surface area is 231 Å². The second kappa shape index (κ2) is 12.4. The molecule has 0 amide bonds. The molecule has 208 valence electrons. The van der Waals surface area contributed by atoms with Crippen LogP contribution in [0.3, 0.4) is 0 Å². The summed E-state index contributed by atoms with van der Waals surface area (Å²) in [5, 5.41) is 0. The molecule has 1 unspecified atom stereocenters. The van der Waals surface area contributed by atoms with Crippen LogP contribution in [0.1, 0.15) is 57.6 Å². The standard InChI is InChI=1S/C33H39FO5/c1-23(24-10-6-5-7-11-24)29(35)18-17-27-28(12-8-9-19-37-21-31(36)39-32(2,3)4)33(20-30(27)38-22-33)25-13-15-26(34)16-14-25/h5-11,13-18,23,27-28,30H,12,19-22H2,1-4H3/b9-8-,18-17+/t23?,27-,28-,30-,33-/m0/s1. The minimum absolute atomic E-state index is 0.00653. The molecule has 1 heterocycles. The van der Waals surface area contributed by atoms with Gasteiger partial charge in [0, 0.05) is 17.3 Å². The topological polar surface area (TPSA) is 61.8 Å². The minimum atomic E-state index is -0.544. The number of benzene rings is 2. The molecule has 5 atom stereocenters. The van der Waals surface area contributed by atoms with Gasteiger partial charge in [0.05, 0.1) is 19.3 Å². The highest BCUT2D eigenvalue weighted by Gasteiger charge is 2.58. The Hall–Kier alpha value is -3.09. The van der Waals surface area contributed by atoms with Gasteiger partial charge in [-0.05, 0) is 68.9 Å². The van der Waals surface area contributed by atoms with Crippen LogP contribution in [0, 0.1) is 17.7 Å². The summed E-state index contributed by atoms with van der Waals surface area (Å²) in [5.74, 6) is -0.615. The van der Waals surface area contributed by atoms with E-state index in [0.717, 1.165) is 24.0 Å². The molecular formula is C33H39FO5. The summed E-state index contributed by atoms with van der Waals surface area (Å²) in [4.78, 5) is 24.9. The third-order valence-corrected chi connectivity index (χ3v) is 7.76. The van der Waals surface area contributed by atoms with Crippen molar-refractivity contribution in [1.82, 2.24) is 0 Å². The minimum Gasteiger partial charge on any atom is -0.458 e. The van der Waals surface area contributed by atoms with Crippen molar-refractivity contribution in [3.63, 3.8) is 0 Å². The lowest BCUT2D eigenvalue weighted by molar-refractivity contribution is -0.159. The average Bonchev–Trinajstić information content (AvgIpc) is 3.46. The van der Waals surface area contributed by atoms with E-state index in [1.807, 2.05) is 82.3 Å². The van der Waals surface area contributed by atoms with E-state index in [9.17, 15) is 14.0 Å². The van der Waals surface area contributed by atoms with Crippen LogP contribution < -0.4 is 0 Å². The molecule has 2 aromatic carbocycles. The Bertz CT molecular complexity index is 1180. The molecule has 1 saturated heterocycles. The molecule has 1 aliphatic carbocycles. The first-order valence-corrected chi connectivity index (χ1v) is 13.7. The second-order valence-electron chi connectivity index (χ2n) is 11.6. The zero-order chi connectivity index (χ0) is 28.0. The average molecular weight is 535 g/mol. The van der Waals surface area contributed by atoms with Gasteiger partial charge < -0.3 is 14.2 Å². The van der Waals surface area contributed by atoms with E-state index in [-0.39, 0.29) is 47.5 Å². The van der Waals surface area contributed by atoms with Crippen LogP contribution >= 0.6 is 0 Å². The summed E-state index contributed by atoms with van der Waals surface area (Å²) in [5.41, 5.74) is 1.25. The van der Waals surface area contributed by atoms with Crippen molar-refractivity contribution in [1.29, 1.82) is 0 Å². The predicted molar refractivity (Wildman–Crippen MR) is 149 cm³/mol. The smallest absolute Gasteiger partial charge is 0.332 e. The van der Waals surface area contributed by atoms with E-state index < -0.39 is 11.6 Å². The molecule has 0 aromatic heterocycles. The highest BCUT2D eigenvalue weighted by Crippen LogP contribution is 2.57. The van der Waals surface area contributed by atoms with Crippen molar-refractivity contribution in [3.8, 4) is 0 Å². The maximum atomic E-state index is 13.7. The van der Waals surface area contributed by atoms with Gasteiger partial charge >= 0.3 is 5.97 Å². The largest absolute Gasteiger partial charge is 0.458 e. The Kier molecular flexibility index (Phi) is 9.19. The van der Waals surface area contributed by atoms with E-state index >= 15 is 0 Å². The van der Waals surface area contributed by atoms with E-state index in [0.29, 0.717) is 13.2 Å². The van der Waals surface area contributed by atoms with Crippen molar-refractivity contribution in [2.45, 2.75) is 63.6 Å². The number of carbonyl (C=O) groups is 2. The fraction of sp³-hybridized carbons (Fsp3) is 0.455. The Morgan fingerprint density at radius 1 is 1.10 bits per heavy atom. The van der Waals surface area contributed by atoms with Crippen LogP contribution in [-0.2, 0) is 29.2 Å². The summed E-state index contributed by atoms with van der Waals surface area (Å²) in [7, 11) is 0. The summed E-state index contributed by atoms with van der Waals surface area (Å²) in [6.45, 7) is 8.15. The van der Waals surface area contributed by atoms with E-state index in [1.165, 1.54) is 12.1 Å². The molecule has 1 saturated carbocycles. The predicted octanol–water partition coefficient (Wildman–Crippen LogP) is 6.33. The highest BCUT2D eigenvalue weighted by atomic mass is 19.1. The number of ether oxygens (including phenoxy) is 3. The molecule has 6 heteroatoms. The molecule has 5 nitrogen and oxygen atoms in total. The molecule has 0 N–H and O–H groups in total. The van der Waals surface area contributed by atoms with Gasteiger partial charge in [0.15, 0.2) is 5.78 Å². The SMILES string of the molecule is CC(C(=O)/C=C/[C@@H]1[C@@H]2C[C@@](c3ccc(F)cc3)(CO2)[C@H]1C/C=C\COCC(=O)OC(C)(C)C)c1ccccc1. The lowest BCUT2D eigenvalue weighted by Crippen LogP contribution is -2.39.